The van der Waals surface area contributed by atoms with E-state index in [2.05, 4.69) is 5.32 Å². The maximum Gasteiger partial charge on any atom is 0.307 e. The standard InChI is InChI=1S/C22H23N3O3/c1-14-6-5-11-25-13-19(24-20(14)25)15-7-4-8-16(12-15)23-21(26)17-9-2-3-10-18(17)22(27)28/h4-8,11-13,17-18H,2-3,9-10H2,1H3,(H,23,26)(H,27,28). The predicted octanol–water partition coefficient (Wildman–Crippen LogP) is 4.14. The quantitative estimate of drug-likeness (QED) is 0.716. The second-order valence-corrected chi connectivity index (χ2v) is 7.45. The molecule has 1 aromatic carbocycles. The Kier molecular flexibility index (Phi) is 4.86. The first-order valence-corrected chi connectivity index (χ1v) is 9.61. The third kappa shape index (κ3) is 3.50. The van der Waals surface area contributed by atoms with Crippen LogP contribution in [0.1, 0.15) is 31.2 Å². The molecule has 3 aromatic rings. The van der Waals surface area contributed by atoms with E-state index in [1.165, 1.54) is 0 Å². The first-order chi connectivity index (χ1) is 13.5. The van der Waals surface area contributed by atoms with Crippen LogP contribution in [0.25, 0.3) is 16.9 Å². The molecule has 2 unspecified atom stereocenters. The van der Waals surface area contributed by atoms with Crippen molar-refractivity contribution >= 4 is 23.2 Å². The van der Waals surface area contributed by atoms with E-state index in [0.29, 0.717) is 18.5 Å². The molecule has 0 aliphatic heterocycles. The van der Waals surface area contributed by atoms with Gasteiger partial charge in [0.05, 0.1) is 17.5 Å². The van der Waals surface area contributed by atoms with Gasteiger partial charge in [0.1, 0.15) is 5.65 Å². The van der Waals surface area contributed by atoms with E-state index in [1.54, 1.807) is 0 Å². The Labute approximate surface area is 163 Å². The van der Waals surface area contributed by atoms with Crippen LogP contribution in [0.15, 0.2) is 48.8 Å². The number of carbonyl (C=O) groups excluding carboxylic acids is 1. The van der Waals surface area contributed by atoms with Gasteiger partial charge in [-0.05, 0) is 43.5 Å². The van der Waals surface area contributed by atoms with Crippen LogP contribution in [0.3, 0.4) is 0 Å². The number of benzene rings is 1. The van der Waals surface area contributed by atoms with Crippen molar-refractivity contribution < 1.29 is 14.7 Å². The van der Waals surface area contributed by atoms with Gasteiger partial charge in [0.15, 0.2) is 0 Å². The van der Waals surface area contributed by atoms with Gasteiger partial charge >= 0.3 is 5.97 Å². The molecule has 6 heteroatoms. The molecule has 4 rings (SSSR count). The Morgan fingerprint density at radius 3 is 2.68 bits per heavy atom. The molecule has 1 fully saturated rings. The molecule has 144 valence electrons. The van der Waals surface area contributed by atoms with Gasteiger partial charge < -0.3 is 14.8 Å². The van der Waals surface area contributed by atoms with Crippen molar-refractivity contribution in [3.05, 3.63) is 54.4 Å². The minimum Gasteiger partial charge on any atom is -0.481 e. The Balaban J connectivity index is 1.57. The van der Waals surface area contributed by atoms with E-state index in [1.807, 2.05) is 60.1 Å². The second kappa shape index (κ2) is 7.46. The number of fused-ring (bicyclic) bond motifs is 1. The number of imidazole rings is 1. The Morgan fingerprint density at radius 1 is 1.14 bits per heavy atom. The summed E-state index contributed by atoms with van der Waals surface area (Å²) < 4.78 is 1.98. The number of aromatic nitrogens is 2. The van der Waals surface area contributed by atoms with Crippen molar-refractivity contribution in [1.29, 1.82) is 0 Å². The van der Waals surface area contributed by atoms with Gasteiger partial charge in [0.25, 0.3) is 0 Å². The average molecular weight is 377 g/mol. The number of anilines is 1. The summed E-state index contributed by atoms with van der Waals surface area (Å²) in [7, 11) is 0. The zero-order chi connectivity index (χ0) is 19.7. The van der Waals surface area contributed by atoms with E-state index in [0.717, 1.165) is 35.3 Å². The van der Waals surface area contributed by atoms with Crippen LogP contribution < -0.4 is 5.32 Å². The van der Waals surface area contributed by atoms with Gasteiger partial charge in [0, 0.05) is 23.6 Å². The highest BCUT2D eigenvalue weighted by atomic mass is 16.4. The number of hydrogen-bond acceptors (Lipinski definition) is 3. The highest BCUT2D eigenvalue weighted by molar-refractivity contribution is 5.95. The minimum absolute atomic E-state index is 0.213. The van der Waals surface area contributed by atoms with Gasteiger partial charge in [0.2, 0.25) is 5.91 Å². The van der Waals surface area contributed by atoms with Crippen molar-refractivity contribution in [2.45, 2.75) is 32.6 Å². The summed E-state index contributed by atoms with van der Waals surface area (Å²) in [4.78, 5) is 28.9. The monoisotopic (exact) mass is 377 g/mol. The lowest BCUT2D eigenvalue weighted by atomic mass is 9.78. The maximum absolute atomic E-state index is 12.7. The summed E-state index contributed by atoms with van der Waals surface area (Å²) in [5.74, 6) is -2.17. The normalized spacial score (nSPS) is 19.5. The molecule has 0 radical (unpaired) electrons. The number of pyridine rings is 1. The van der Waals surface area contributed by atoms with Gasteiger partial charge in [-0.25, -0.2) is 4.98 Å². The molecule has 28 heavy (non-hydrogen) atoms. The average Bonchev–Trinajstić information content (AvgIpc) is 3.14. The van der Waals surface area contributed by atoms with E-state index in [9.17, 15) is 14.7 Å². The molecular formula is C22H23N3O3. The highest BCUT2D eigenvalue weighted by Gasteiger charge is 2.35. The molecule has 0 bridgehead atoms. The molecule has 2 N–H and O–H groups in total. The number of carbonyl (C=O) groups is 2. The lowest BCUT2D eigenvalue weighted by Crippen LogP contribution is -2.36. The van der Waals surface area contributed by atoms with Crippen LogP contribution in [0.5, 0.6) is 0 Å². The first-order valence-electron chi connectivity index (χ1n) is 9.61. The fraction of sp³-hybridized carbons (Fsp3) is 0.318. The van der Waals surface area contributed by atoms with Gasteiger partial charge in [-0.1, -0.05) is 31.0 Å². The SMILES string of the molecule is Cc1cccn2cc(-c3cccc(NC(=O)C4CCCCC4C(=O)O)c3)nc12. The molecule has 1 saturated carbocycles. The van der Waals surface area contributed by atoms with Gasteiger partial charge in [-0.15, -0.1) is 0 Å². The fourth-order valence-corrected chi connectivity index (χ4v) is 4.02. The summed E-state index contributed by atoms with van der Waals surface area (Å²) in [6.45, 7) is 2.02. The highest BCUT2D eigenvalue weighted by Crippen LogP contribution is 2.32. The van der Waals surface area contributed by atoms with Crippen molar-refractivity contribution in [2.75, 3.05) is 5.32 Å². The van der Waals surface area contributed by atoms with Crippen LogP contribution in [0.2, 0.25) is 0 Å². The number of nitrogens with zero attached hydrogens (tertiary/aromatic N) is 2. The number of carboxylic acid groups (broad SMARTS) is 1. The van der Waals surface area contributed by atoms with Crippen LogP contribution >= 0.6 is 0 Å². The van der Waals surface area contributed by atoms with E-state index in [-0.39, 0.29) is 5.91 Å². The molecular weight excluding hydrogens is 354 g/mol. The molecule has 1 aliphatic carbocycles. The Hall–Kier alpha value is -3.15. The second-order valence-electron chi connectivity index (χ2n) is 7.45. The minimum atomic E-state index is -0.881. The molecule has 0 saturated heterocycles. The number of aliphatic carboxylic acids is 1. The van der Waals surface area contributed by atoms with Crippen molar-refractivity contribution in [2.24, 2.45) is 11.8 Å². The smallest absolute Gasteiger partial charge is 0.307 e. The van der Waals surface area contributed by atoms with Crippen molar-refractivity contribution in [3.8, 4) is 11.3 Å². The van der Waals surface area contributed by atoms with Crippen LogP contribution in [0, 0.1) is 18.8 Å². The first kappa shape index (κ1) is 18.2. The number of amides is 1. The lowest BCUT2D eigenvalue weighted by Gasteiger charge is -2.27. The Morgan fingerprint density at radius 2 is 1.93 bits per heavy atom. The summed E-state index contributed by atoms with van der Waals surface area (Å²) in [5, 5.41) is 12.3. The molecule has 6 nitrogen and oxygen atoms in total. The molecule has 2 atom stereocenters. The zero-order valence-corrected chi connectivity index (χ0v) is 15.8. The number of rotatable bonds is 4. The number of aryl methyl sites for hydroxylation is 1. The molecule has 2 heterocycles. The summed E-state index contributed by atoms with van der Waals surface area (Å²) >= 11 is 0. The van der Waals surface area contributed by atoms with Crippen LogP contribution in [-0.4, -0.2) is 26.4 Å². The third-order valence-electron chi connectivity index (χ3n) is 5.52. The van der Waals surface area contributed by atoms with E-state index in [4.69, 9.17) is 4.98 Å². The number of nitrogens with one attached hydrogen (secondary N) is 1. The predicted molar refractivity (Wildman–Crippen MR) is 107 cm³/mol. The summed E-state index contributed by atoms with van der Waals surface area (Å²) in [5.41, 5.74) is 4.38. The molecule has 2 aromatic heterocycles. The van der Waals surface area contributed by atoms with E-state index >= 15 is 0 Å². The topological polar surface area (TPSA) is 83.7 Å². The zero-order valence-electron chi connectivity index (χ0n) is 15.8. The van der Waals surface area contributed by atoms with Crippen LogP contribution in [-0.2, 0) is 9.59 Å². The molecule has 1 aliphatic rings. The van der Waals surface area contributed by atoms with Gasteiger partial charge in [-0.3, -0.25) is 9.59 Å². The largest absolute Gasteiger partial charge is 0.481 e. The van der Waals surface area contributed by atoms with Gasteiger partial charge in [-0.2, -0.15) is 0 Å². The van der Waals surface area contributed by atoms with Crippen LogP contribution in [0.4, 0.5) is 5.69 Å². The fourth-order valence-electron chi connectivity index (χ4n) is 4.02. The number of hydrogen-bond donors (Lipinski definition) is 2. The van der Waals surface area contributed by atoms with Crippen molar-refractivity contribution in [1.82, 2.24) is 9.38 Å². The lowest BCUT2D eigenvalue weighted by molar-refractivity contribution is -0.147. The maximum atomic E-state index is 12.7. The number of carboxylic acids is 1. The summed E-state index contributed by atoms with van der Waals surface area (Å²) in [6, 6.07) is 11.5. The van der Waals surface area contributed by atoms with Crippen molar-refractivity contribution in [3.63, 3.8) is 0 Å². The third-order valence-corrected chi connectivity index (χ3v) is 5.52. The summed E-state index contributed by atoms with van der Waals surface area (Å²) in [6.07, 6.45) is 6.86. The molecule has 0 spiro atoms. The molecule has 1 amide bonds. The van der Waals surface area contributed by atoms with E-state index < -0.39 is 17.8 Å². The Bertz CT molecular complexity index is 1040.